The van der Waals surface area contributed by atoms with Gasteiger partial charge in [0.15, 0.2) is 0 Å². The second-order valence-electron chi connectivity index (χ2n) is 1.51. The molecule has 0 fully saturated rings. The van der Waals surface area contributed by atoms with E-state index in [1.165, 1.54) is 0 Å². The van der Waals surface area contributed by atoms with E-state index in [9.17, 15) is 0 Å². The number of nitrogens with zero attached hydrogens (tertiary/aromatic N) is 2. The highest BCUT2D eigenvalue weighted by Crippen LogP contribution is 1.87. The van der Waals surface area contributed by atoms with Gasteiger partial charge in [-0.15, -0.1) is 0 Å². The summed E-state index contributed by atoms with van der Waals surface area (Å²) in [4.78, 5) is 0. The zero-order valence-electron chi connectivity index (χ0n) is 5.62. The first-order valence-electron chi connectivity index (χ1n) is 2.82. The van der Waals surface area contributed by atoms with Crippen molar-refractivity contribution < 1.29 is 5.11 Å². The minimum Gasteiger partial charge on any atom is -0.394 e. The number of hydrogen-bond donors (Lipinski definition) is 1. The van der Waals surface area contributed by atoms with Crippen LogP contribution in [0.1, 0.15) is 6.92 Å². The Labute approximate surface area is 55.3 Å². The van der Waals surface area contributed by atoms with E-state index < -0.39 is 0 Å². The maximum atomic E-state index is 8.43. The van der Waals surface area contributed by atoms with Crippen LogP contribution in [0.3, 0.4) is 0 Å². The molecule has 0 spiro atoms. The summed E-state index contributed by atoms with van der Waals surface area (Å²) >= 11 is 0. The SMILES string of the molecule is C=NN(/C=C\C)CCO. The lowest BCUT2D eigenvalue weighted by Crippen LogP contribution is -2.13. The molecule has 0 aromatic carbocycles. The van der Waals surface area contributed by atoms with Gasteiger partial charge in [0.1, 0.15) is 0 Å². The molecule has 3 nitrogen and oxygen atoms in total. The summed E-state index contributed by atoms with van der Waals surface area (Å²) in [6, 6.07) is 0. The Balaban J connectivity index is 3.53. The Morgan fingerprint density at radius 1 is 1.78 bits per heavy atom. The van der Waals surface area contributed by atoms with Crippen molar-refractivity contribution in [2.24, 2.45) is 5.10 Å². The summed E-state index contributed by atoms with van der Waals surface area (Å²) in [6.45, 7) is 5.80. The van der Waals surface area contributed by atoms with E-state index in [-0.39, 0.29) is 6.61 Å². The molecular weight excluding hydrogens is 116 g/mol. The largest absolute Gasteiger partial charge is 0.394 e. The molecular formula is C6H12N2O. The molecule has 0 rings (SSSR count). The number of aliphatic hydroxyl groups is 1. The number of rotatable bonds is 4. The maximum absolute atomic E-state index is 8.43. The van der Waals surface area contributed by atoms with Gasteiger partial charge < -0.3 is 5.11 Å². The number of aliphatic hydroxyl groups excluding tert-OH is 1. The number of hydrazone groups is 1. The van der Waals surface area contributed by atoms with Crippen LogP contribution in [0.2, 0.25) is 0 Å². The zero-order valence-corrected chi connectivity index (χ0v) is 5.62. The third-order valence-electron chi connectivity index (χ3n) is 0.832. The second kappa shape index (κ2) is 5.31. The van der Waals surface area contributed by atoms with Crippen molar-refractivity contribution in [1.29, 1.82) is 0 Å². The molecule has 9 heavy (non-hydrogen) atoms. The molecule has 0 radical (unpaired) electrons. The first kappa shape index (κ1) is 8.17. The fourth-order valence-electron chi connectivity index (χ4n) is 0.467. The smallest absolute Gasteiger partial charge is 0.0640 e. The average molecular weight is 128 g/mol. The molecule has 0 atom stereocenters. The predicted octanol–water partition coefficient (Wildman–Crippen LogP) is 0.430. The molecule has 0 heterocycles. The molecule has 0 saturated heterocycles. The lowest BCUT2D eigenvalue weighted by Gasteiger charge is -2.09. The fraction of sp³-hybridized carbons (Fsp3) is 0.500. The van der Waals surface area contributed by atoms with Crippen LogP contribution in [0.25, 0.3) is 0 Å². The van der Waals surface area contributed by atoms with Gasteiger partial charge in [0.05, 0.1) is 13.2 Å². The summed E-state index contributed by atoms with van der Waals surface area (Å²) in [5.74, 6) is 0. The van der Waals surface area contributed by atoms with Crippen LogP contribution in [-0.4, -0.2) is 30.0 Å². The van der Waals surface area contributed by atoms with E-state index in [1.807, 2.05) is 13.0 Å². The van der Waals surface area contributed by atoms with Crippen LogP contribution in [0, 0.1) is 0 Å². The molecule has 52 valence electrons. The van der Waals surface area contributed by atoms with Crippen LogP contribution in [0.5, 0.6) is 0 Å². The van der Waals surface area contributed by atoms with Crippen molar-refractivity contribution in [3.63, 3.8) is 0 Å². The van der Waals surface area contributed by atoms with Crippen LogP contribution in [0.15, 0.2) is 17.4 Å². The van der Waals surface area contributed by atoms with E-state index in [4.69, 9.17) is 5.11 Å². The van der Waals surface area contributed by atoms with Crippen molar-refractivity contribution in [2.75, 3.05) is 13.2 Å². The molecule has 0 aromatic rings. The quantitative estimate of drug-likeness (QED) is 0.440. The first-order valence-corrected chi connectivity index (χ1v) is 2.82. The zero-order chi connectivity index (χ0) is 7.11. The normalized spacial score (nSPS) is 10.0. The Morgan fingerprint density at radius 3 is 2.78 bits per heavy atom. The topological polar surface area (TPSA) is 35.8 Å². The molecule has 0 amide bonds. The van der Waals surface area contributed by atoms with Gasteiger partial charge in [-0.1, -0.05) is 6.08 Å². The summed E-state index contributed by atoms with van der Waals surface area (Å²) < 4.78 is 0. The summed E-state index contributed by atoms with van der Waals surface area (Å²) in [7, 11) is 0. The van der Waals surface area contributed by atoms with E-state index in [0.29, 0.717) is 6.54 Å². The van der Waals surface area contributed by atoms with Crippen molar-refractivity contribution in [1.82, 2.24) is 5.01 Å². The van der Waals surface area contributed by atoms with Gasteiger partial charge in [-0.2, -0.15) is 5.10 Å². The molecule has 0 saturated carbocycles. The van der Waals surface area contributed by atoms with Gasteiger partial charge in [0, 0.05) is 12.9 Å². The van der Waals surface area contributed by atoms with Gasteiger partial charge in [-0.25, -0.2) is 0 Å². The van der Waals surface area contributed by atoms with Crippen molar-refractivity contribution in [2.45, 2.75) is 6.92 Å². The third-order valence-corrected chi connectivity index (χ3v) is 0.832. The van der Waals surface area contributed by atoms with Gasteiger partial charge in [0.25, 0.3) is 0 Å². The third kappa shape index (κ3) is 3.73. The monoisotopic (exact) mass is 128 g/mol. The van der Waals surface area contributed by atoms with Crippen LogP contribution in [0.4, 0.5) is 0 Å². The minimum atomic E-state index is 0.101. The molecule has 0 aliphatic carbocycles. The molecule has 3 heteroatoms. The molecule has 0 aromatic heterocycles. The first-order chi connectivity index (χ1) is 4.35. The number of allylic oxidation sites excluding steroid dienone is 1. The van der Waals surface area contributed by atoms with Gasteiger partial charge in [-0.05, 0) is 6.92 Å². The maximum Gasteiger partial charge on any atom is 0.0640 e. The highest BCUT2D eigenvalue weighted by Gasteiger charge is 1.88. The summed E-state index contributed by atoms with van der Waals surface area (Å²) in [5, 5.41) is 13.6. The lowest BCUT2D eigenvalue weighted by atomic mass is 10.6. The van der Waals surface area contributed by atoms with E-state index >= 15 is 0 Å². The predicted molar refractivity (Wildman–Crippen MR) is 38.2 cm³/mol. The Bertz CT molecular complexity index is 101. The fourth-order valence-corrected chi connectivity index (χ4v) is 0.467. The van der Waals surface area contributed by atoms with Crippen LogP contribution in [-0.2, 0) is 0 Å². The van der Waals surface area contributed by atoms with E-state index in [2.05, 4.69) is 11.8 Å². The van der Waals surface area contributed by atoms with Gasteiger partial charge in [-0.3, -0.25) is 5.01 Å². The minimum absolute atomic E-state index is 0.101. The average Bonchev–Trinajstić information content (AvgIpc) is 1.88. The molecule has 0 aliphatic heterocycles. The van der Waals surface area contributed by atoms with Crippen molar-refractivity contribution in [3.05, 3.63) is 12.3 Å². The molecule has 0 aliphatic rings. The molecule has 0 unspecified atom stereocenters. The Kier molecular flexibility index (Phi) is 4.82. The van der Waals surface area contributed by atoms with Gasteiger partial charge >= 0.3 is 0 Å². The second-order valence-corrected chi connectivity index (χ2v) is 1.51. The van der Waals surface area contributed by atoms with E-state index in [1.54, 1.807) is 11.2 Å². The standard InChI is InChI=1S/C6H12N2O/c1-3-4-8(7-2)5-6-9/h3-4,9H,2,5-6H2,1H3/b4-3-. The summed E-state index contributed by atoms with van der Waals surface area (Å²) in [5.41, 5.74) is 0. The lowest BCUT2D eigenvalue weighted by molar-refractivity contribution is 0.241. The Hall–Kier alpha value is -0.830. The number of hydrogen-bond acceptors (Lipinski definition) is 3. The molecule has 1 N–H and O–H groups in total. The van der Waals surface area contributed by atoms with Crippen LogP contribution >= 0.6 is 0 Å². The van der Waals surface area contributed by atoms with Gasteiger partial charge in [0.2, 0.25) is 0 Å². The van der Waals surface area contributed by atoms with Crippen LogP contribution < -0.4 is 0 Å². The molecule has 0 bridgehead atoms. The highest BCUT2D eigenvalue weighted by atomic mass is 16.3. The highest BCUT2D eigenvalue weighted by molar-refractivity contribution is 5.22. The Morgan fingerprint density at radius 2 is 2.44 bits per heavy atom. The summed E-state index contributed by atoms with van der Waals surface area (Å²) in [6.07, 6.45) is 3.59. The van der Waals surface area contributed by atoms with Crippen molar-refractivity contribution >= 4 is 6.72 Å². The van der Waals surface area contributed by atoms with Crippen molar-refractivity contribution in [3.8, 4) is 0 Å². The van der Waals surface area contributed by atoms with E-state index in [0.717, 1.165) is 0 Å².